The van der Waals surface area contributed by atoms with Gasteiger partial charge in [0.1, 0.15) is 6.54 Å². The molecule has 1 rings (SSSR count). The van der Waals surface area contributed by atoms with Crippen molar-refractivity contribution in [2.75, 3.05) is 11.9 Å². The molecule has 0 saturated heterocycles. The van der Waals surface area contributed by atoms with Crippen LogP contribution in [0.1, 0.15) is 26.3 Å². The van der Waals surface area contributed by atoms with Crippen molar-refractivity contribution in [3.05, 3.63) is 28.2 Å². The number of halogens is 1. The van der Waals surface area contributed by atoms with E-state index in [9.17, 15) is 9.59 Å². The van der Waals surface area contributed by atoms with Crippen molar-refractivity contribution in [3.63, 3.8) is 0 Å². The molecule has 2 N–H and O–H groups in total. The highest BCUT2D eigenvalue weighted by Crippen LogP contribution is 2.22. The Morgan fingerprint density at radius 1 is 1.40 bits per heavy atom. The zero-order chi connectivity index (χ0) is 15.3. The van der Waals surface area contributed by atoms with E-state index in [0.29, 0.717) is 5.69 Å². The first-order chi connectivity index (χ1) is 9.35. The highest BCUT2D eigenvalue weighted by atomic mass is 79.9. The van der Waals surface area contributed by atoms with Gasteiger partial charge in [0.25, 0.3) is 0 Å². The molecule has 1 aromatic rings. The number of anilines is 1. The van der Waals surface area contributed by atoms with E-state index < -0.39 is 12.0 Å². The third kappa shape index (κ3) is 4.52. The van der Waals surface area contributed by atoms with Crippen molar-refractivity contribution in [2.45, 2.75) is 33.2 Å². The Balaban J connectivity index is 2.90. The second-order valence-corrected chi connectivity index (χ2v) is 5.62. The van der Waals surface area contributed by atoms with E-state index in [0.717, 1.165) is 16.5 Å². The van der Waals surface area contributed by atoms with Gasteiger partial charge in [-0.05, 0) is 44.0 Å². The molecule has 0 unspecified atom stereocenters. The predicted octanol–water partition coefficient (Wildman–Crippen LogP) is 3.34. The van der Waals surface area contributed by atoms with Gasteiger partial charge in [-0.2, -0.15) is 0 Å². The van der Waals surface area contributed by atoms with Crippen LogP contribution in [0, 0.1) is 0 Å². The summed E-state index contributed by atoms with van der Waals surface area (Å²) in [6.45, 7) is 5.24. The van der Waals surface area contributed by atoms with Crippen LogP contribution < -0.4 is 5.32 Å². The van der Waals surface area contributed by atoms with E-state index in [1.54, 1.807) is 19.9 Å². The Kier molecular flexibility index (Phi) is 6.01. The molecule has 0 saturated carbocycles. The molecular weight excluding hydrogens is 324 g/mol. The molecule has 0 aliphatic carbocycles. The lowest BCUT2D eigenvalue weighted by atomic mass is 10.1. The maximum Gasteiger partial charge on any atom is 0.323 e. The molecule has 20 heavy (non-hydrogen) atoms. The molecule has 0 spiro atoms. The van der Waals surface area contributed by atoms with Crippen LogP contribution in [0.15, 0.2) is 22.7 Å². The zero-order valence-electron chi connectivity index (χ0n) is 11.8. The summed E-state index contributed by atoms with van der Waals surface area (Å²) in [6, 6.07) is 4.99. The first kappa shape index (κ1) is 16.5. The van der Waals surface area contributed by atoms with E-state index in [-0.39, 0.29) is 12.6 Å². The second-order valence-electron chi connectivity index (χ2n) is 4.70. The van der Waals surface area contributed by atoms with Gasteiger partial charge in [0, 0.05) is 16.2 Å². The topological polar surface area (TPSA) is 69.6 Å². The number of hydrogen-bond donors (Lipinski definition) is 2. The fourth-order valence-corrected chi connectivity index (χ4v) is 2.21. The lowest BCUT2D eigenvalue weighted by molar-refractivity contribution is -0.137. The van der Waals surface area contributed by atoms with Crippen LogP contribution in [0.3, 0.4) is 0 Å². The number of carbonyl (C=O) groups is 2. The molecule has 0 aromatic heterocycles. The van der Waals surface area contributed by atoms with Crippen molar-refractivity contribution in [1.29, 1.82) is 0 Å². The quantitative estimate of drug-likeness (QED) is 0.862. The minimum atomic E-state index is -1.03. The second kappa shape index (κ2) is 7.28. The van der Waals surface area contributed by atoms with Gasteiger partial charge in [0.2, 0.25) is 0 Å². The van der Waals surface area contributed by atoms with E-state index in [1.807, 2.05) is 19.1 Å². The van der Waals surface area contributed by atoms with Crippen LogP contribution in [-0.2, 0) is 11.2 Å². The van der Waals surface area contributed by atoms with Crippen LogP contribution in [0.5, 0.6) is 0 Å². The van der Waals surface area contributed by atoms with E-state index in [4.69, 9.17) is 5.11 Å². The van der Waals surface area contributed by atoms with E-state index >= 15 is 0 Å². The SMILES string of the molecule is CCc1cc(Br)ccc1NC(=O)N(CC(=O)O)C(C)C. The van der Waals surface area contributed by atoms with Crippen LogP contribution >= 0.6 is 15.9 Å². The number of aliphatic carboxylic acids is 1. The summed E-state index contributed by atoms with van der Waals surface area (Å²) in [7, 11) is 0. The third-order valence-electron chi connectivity index (χ3n) is 2.88. The number of aryl methyl sites for hydroxylation is 1. The number of carboxylic acid groups (broad SMARTS) is 1. The van der Waals surface area contributed by atoms with Crippen LogP contribution in [0.2, 0.25) is 0 Å². The number of carboxylic acids is 1. The number of carbonyl (C=O) groups excluding carboxylic acids is 1. The third-order valence-corrected chi connectivity index (χ3v) is 3.37. The number of rotatable bonds is 5. The molecule has 0 heterocycles. The van der Waals surface area contributed by atoms with Crippen molar-refractivity contribution < 1.29 is 14.7 Å². The van der Waals surface area contributed by atoms with E-state index in [1.165, 1.54) is 4.90 Å². The van der Waals surface area contributed by atoms with Gasteiger partial charge >= 0.3 is 12.0 Å². The number of urea groups is 1. The molecule has 0 fully saturated rings. The Morgan fingerprint density at radius 3 is 2.55 bits per heavy atom. The van der Waals surface area contributed by atoms with Crippen molar-refractivity contribution in [2.24, 2.45) is 0 Å². The highest BCUT2D eigenvalue weighted by molar-refractivity contribution is 9.10. The lowest BCUT2D eigenvalue weighted by Gasteiger charge is -2.25. The molecular formula is C14H19BrN2O3. The monoisotopic (exact) mass is 342 g/mol. The molecule has 0 atom stereocenters. The van der Waals surface area contributed by atoms with E-state index in [2.05, 4.69) is 21.2 Å². The number of benzene rings is 1. The Morgan fingerprint density at radius 2 is 2.05 bits per heavy atom. The normalized spacial score (nSPS) is 10.4. The van der Waals surface area contributed by atoms with Gasteiger partial charge in [-0.25, -0.2) is 4.79 Å². The van der Waals surface area contributed by atoms with Gasteiger partial charge in [-0.1, -0.05) is 22.9 Å². The minimum absolute atomic E-state index is 0.188. The molecule has 110 valence electrons. The number of hydrogen-bond acceptors (Lipinski definition) is 2. The predicted molar refractivity (Wildman–Crippen MR) is 82.0 cm³/mol. The smallest absolute Gasteiger partial charge is 0.323 e. The molecule has 2 amide bonds. The number of amides is 2. The Labute approximate surface area is 127 Å². The van der Waals surface area contributed by atoms with Gasteiger partial charge in [-0.15, -0.1) is 0 Å². The molecule has 0 radical (unpaired) electrons. The maximum atomic E-state index is 12.2. The maximum absolute atomic E-state index is 12.2. The molecule has 1 aromatic carbocycles. The minimum Gasteiger partial charge on any atom is -0.480 e. The van der Waals surface area contributed by atoms with Crippen molar-refractivity contribution in [1.82, 2.24) is 4.90 Å². The fraction of sp³-hybridized carbons (Fsp3) is 0.429. The molecule has 5 nitrogen and oxygen atoms in total. The fourth-order valence-electron chi connectivity index (χ4n) is 1.80. The summed E-state index contributed by atoms with van der Waals surface area (Å²) in [5, 5.41) is 11.6. The molecule has 0 aliphatic heterocycles. The molecule has 0 aliphatic rings. The first-order valence-electron chi connectivity index (χ1n) is 6.43. The highest BCUT2D eigenvalue weighted by Gasteiger charge is 2.20. The first-order valence-corrected chi connectivity index (χ1v) is 7.22. The summed E-state index contributed by atoms with van der Waals surface area (Å²) >= 11 is 3.39. The lowest BCUT2D eigenvalue weighted by Crippen LogP contribution is -2.43. The summed E-state index contributed by atoms with van der Waals surface area (Å²) < 4.78 is 0.943. The Hall–Kier alpha value is -1.56. The largest absolute Gasteiger partial charge is 0.480 e. The van der Waals surface area contributed by atoms with Gasteiger partial charge < -0.3 is 15.3 Å². The summed E-state index contributed by atoms with van der Waals surface area (Å²) in [5.41, 5.74) is 1.70. The zero-order valence-corrected chi connectivity index (χ0v) is 13.4. The summed E-state index contributed by atoms with van der Waals surface area (Å²) in [5.74, 6) is -1.03. The number of nitrogens with one attached hydrogen (secondary N) is 1. The van der Waals surface area contributed by atoms with Gasteiger partial charge in [0.15, 0.2) is 0 Å². The standard InChI is InChI=1S/C14H19BrN2O3/c1-4-10-7-11(15)5-6-12(10)16-14(20)17(9(2)3)8-13(18)19/h5-7,9H,4,8H2,1-3H3,(H,16,20)(H,18,19). The van der Waals surface area contributed by atoms with Crippen LogP contribution in [0.4, 0.5) is 10.5 Å². The Bertz CT molecular complexity index is 503. The van der Waals surface area contributed by atoms with Gasteiger partial charge in [-0.3, -0.25) is 4.79 Å². The average Bonchev–Trinajstić information content (AvgIpc) is 2.37. The summed E-state index contributed by atoms with van der Waals surface area (Å²) in [4.78, 5) is 24.3. The summed E-state index contributed by atoms with van der Waals surface area (Å²) in [6.07, 6.45) is 0.773. The van der Waals surface area contributed by atoms with Crippen LogP contribution in [0.25, 0.3) is 0 Å². The van der Waals surface area contributed by atoms with Crippen molar-refractivity contribution in [3.8, 4) is 0 Å². The van der Waals surface area contributed by atoms with Crippen molar-refractivity contribution >= 4 is 33.6 Å². The average molecular weight is 343 g/mol. The molecule has 6 heteroatoms. The molecule has 0 bridgehead atoms. The van der Waals surface area contributed by atoms with Gasteiger partial charge in [0.05, 0.1) is 0 Å². The van der Waals surface area contributed by atoms with Crippen LogP contribution in [-0.4, -0.2) is 34.6 Å². The number of nitrogens with zero attached hydrogens (tertiary/aromatic N) is 1.